The van der Waals surface area contributed by atoms with Gasteiger partial charge in [-0.15, -0.1) is 11.3 Å². The van der Waals surface area contributed by atoms with Gasteiger partial charge >= 0.3 is 0 Å². The summed E-state index contributed by atoms with van der Waals surface area (Å²) in [6.07, 6.45) is 0. The molecule has 0 radical (unpaired) electrons. The van der Waals surface area contributed by atoms with Crippen LogP contribution in [-0.4, -0.2) is 0 Å². The van der Waals surface area contributed by atoms with Crippen molar-refractivity contribution in [2.24, 2.45) is 5.73 Å². The molecule has 1 atom stereocenters. The zero-order valence-electron chi connectivity index (χ0n) is 10.6. The number of hydrogen-bond donors (Lipinski definition) is 1. The lowest BCUT2D eigenvalue weighted by Gasteiger charge is -2.17. The van der Waals surface area contributed by atoms with E-state index >= 15 is 0 Å². The van der Waals surface area contributed by atoms with Gasteiger partial charge in [0.25, 0.3) is 0 Å². The Morgan fingerprint density at radius 1 is 1.17 bits per heavy atom. The summed E-state index contributed by atoms with van der Waals surface area (Å²) in [5.41, 5.74) is 10.0. The SMILES string of the molecule is Cc1csc(C(N)c2c(C)cc(F)cc2C)c1Cl. The molecule has 2 aromatic rings. The Morgan fingerprint density at radius 2 is 1.72 bits per heavy atom. The molecular formula is C14H15ClFNS. The fraction of sp³-hybridized carbons (Fsp3) is 0.286. The zero-order valence-corrected chi connectivity index (χ0v) is 12.1. The molecular weight excluding hydrogens is 269 g/mol. The summed E-state index contributed by atoms with van der Waals surface area (Å²) in [6.45, 7) is 5.71. The van der Waals surface area contributed by atoms with Gasteiger partial charge in [-0.25, -0.2) is 4.39 Å². The summed E-state index contributed by atoms with van der Waals surface area (Å²) in [4.78, 5) is 0.937. The second kappa shape index (κ2) is 5.00. The quantitative estimate of drug-likeness (QED) is 0.862. The van der Waals surface area contributed by atoms with Gasteiger partial charge in [-0.1, -0.05) is 11.6 Å². The number of rotatable bonds is 2. The molecule has 0 aliphatic rings. The standard InChI is InChI=1S/C14H15ClFNS/c1-7-4-10(16)5-8(2)11(7)13(17)14-12(15)9(3)6-18-14/h4-6,13H,17H2,1-3H3. The maximum atomic E-state index is 13.3. The molecule has 2 rings (SSSR count). The highest BCUT2D eigenvalue weighted by molar-refractivity contribution is 7.10. The smallest absolute Gasteiger partial charge is 0.123 e. The van der Waals surface area contributed by atoms with Gasteiger partial charge in [0, 0.05) is 4.88 Å². The van der Waals surface area contributed by atoms with E-state index in [2.05, 4.69) is 0 Å². The van der Waals surface area contributed by atoms with Crippen molar-refractivity contribution in [1.29, 1.82) is 0 Å². The molecule has 1 aromatic carbocycles. The highest BCUT2D eigenvalue weighted by Gasteiger charge is 2.20. The summed E-state index contributed by atoms with van der Waals surface area (Å²) in [7, 11) is 0. The molecule has 0 bridgehead atoms. The van der Waals surface area contributed by atoms with Gasteiger partial charge in [-0.3, -0.25) is 0 Å². The summed E-state index contributed by atoms with van der Waals surface area (Å²) in [5.74, 6) is -0.227. The van der Waals surface area contributed by atoms with Crippen molar-refractivity contribution in [1.82, 2.24) is 0 Å². The van der Waals surface area contributed by atoms with Crippen molar-refractivity contribution >= 4 is 22.9 Å². The number of hydrogen-bond acceptors (Lipinski definition) is 2. The van der Waals surface area contributed by atoms with Crippen LogP contribution in [0.5, 0.6) is 0 Å². The van der Waals surface area contributed by atoms with E-state index in [9.17, 15) is 4.39 Å². The zero-order chi connectivity index (χ0) is 13.4. The third-order valence-corrected chi connectivity index (χ3v) is 4.87. The first-order valence-electron chi connectivity index (χ1n) is 5.67. The first kappa shape index (κ1) is 13.5. The molecule has 0 aliphatic heterocycles. The van der Waals surface area contributed by atoms with Crippen LogP contribution in [0.15, 0.2) is 17.5 Å². The van der Waals surface area contributed by atoms with Crippen LogP contribution in [0.1, 0.15) is 33.2 Å². The normalized spacial score (nSPS) is 12.8. The molecule has 1 nitrogen and oxygen atoms in total. The third kappa shape index (κ3) is 2.30. The van der Waals surface area contributed by atoms with Crippen LogP contribution in [0, 0.1) is 26.6 Å². The van der Waals surface area contributed by atoms with Gasteiger partial charge in [-0.05, 0) is 60.5 Å². The molecule has 0 fully saturated rings. The topological polar surface area (TPSA) is 26.0 Å². The number of halogens is 2. The molecule has 0 saturated heterocycles. The van der Waals surface area contributed by atoms with Gasteiger partial charge in [0.1, 0.15) is 5.82 Å². The minimum Gasteiger partial charge on any atom is -0.320 e. The van der Waals surface area contributed by atoms with Crippen LogP contribution < -0.4 is 5.73 Å². The molecule has 1 unspecified atom stereocenters. The summed E-state index contributed by atoms with van der Waals surface area (Å²) >= 11 is 7.80. The average molecular weight is 284 g/mol. The molecule has 2 N–H and O–H groups in total. The first-order chi connectivity index (χ1) is 8.41. The highest BCUT2D eigenvalue weighted by atomic mass is 35.5. The number of benzene rings is 1. The Bertz CT molecular complexity index is 568. The monoisotopic (exact) mass is 283 g/mol. The highest BCUT2D eigenvalue weighted by Crippen LogP contribution is 2.36. The maximum Gasteiger partial charge on any atom is 0.123 e. The Morgan fingerprint density at radius 3 is 2.17 bits per heavy atom. The predicted octanol–water partition coefficient (Wildman–Crippen LogP) is 4.51. The number of thiophene rings is 1. The van der Waals surface area contributed by atoms with Crippen LogP contribution in [-0.2, 0) is 0 Å². The minimum absolute atomic E-state index is 0.227. The third-order valence-electron chi connectivity index (χ3n) is 3.08. The summed E-state index contributed by atoms with van der Waals surface area (Å²) in [5, 5.41) is 2.71. The van der Waals surface area contributed by atoms with Crippen molar-refractivity contribution < 1.29 is 4.39 Å². The van der Waals surface area contributed by atoms with E-state index in [1.54, 1.807) is 11.3 Å². The van der Waals surface area contributed by atoms with E-state index in [-0.39, 0.29) is 11.9 Å². The molecule has 96 valence electrons. The first-order valence-corrected chi connectivity index (χ1v) is 6.93. The van der Waals surface area contributed by atoms with Crippen LogP contribution in [0.25, 0.3) is 0 Å². The Hall–Kier alpha value is -0.900. The van der Waals surface area contributed by atoms with Gasteiger partial charge in [0.15, 0.2) is 0 Å². The molecule has 0 aliphatic carbocycles. The Kier molecular flexibility index (Phi) is 3.76. The fourth-order valence-corrected chi connectivity index (χ4v) is 3.52. The van der Waals surface area contributed by atoms with Crippen LogP contribution >= 0.6 is 22.9 Å². The molecule has 4 heteroatoms. The van der Waals surface area contributed by atoms with Crippen LogP contribution in [0.2, 0.25) is 5.02 Å². The Labute approximate surface area is 115 Å². The van der Waals surface area contributed by atoms with Crippen molar-refractivity contribution in [3.05, 3.63) is 55.5 Å². The lowest BCUT2D eigenvalue weighted by molar-refractivity contribution is 0.623. The van der Waals surface area contributed by atoms with E-state index in [1.807, 2.05) is 26.2 Å². The van der Waals surface area contributed by atoms with E-state index in [4.69, 9.17) is 17.3 Å². The van der Waals surface area contributed by atoms with Crippen LogP contribution in [0.4, 0.5) is 4.39 Å². The maximum absolute atomic E-state index is 13.3. The van der Waals surface area contributed by atoms with E-state index < -0.39 is 0 Å². The fourth-order valence-electron chi connectivity index (χ4n) is 2.20. The molecule has 0 saturated carbocycles. The van der Waals surface area contributed by atoms with Crippen molar-refractivity contribution in [2.45, 2.75) is 26.8 Å². The second-order valence-corrected chi connectivity index (χ2v) is 5.82. The molecule has 0 spiro atoms. The lowest BCUT2D eigenvalue weighted by atomic mass is 9.95. The van der Waals surface area contributed by atoms with Crippen molar-refractivity contribution in [2.75, 3.05) is 0 Å². The van der Waals surface area contributed by atoms with Gasteiger partial charge in [-0.2, -0.15) is 0 Å². The molecule has 18 heavy (non-hydrogen) atoms. The van der Waals surface area contributed by atoms with E-state index in [1.165, 1.54) is 12.1 Å². The van der Waals surface area contributed by atoms with E-state index in [0.717, 1.165) is 32.2 Å². The number of nitrogens with two attached hydrogens (primary N) is 1. The van der Waals surface area contributed by atoms with Gasteiger partial charge in [0.2, 0.25) is 0 Å². The lowest BCUT2D eigenvalue weighted by Crippen LogP contribution is -2.14. The second-order valence-electron chi connectivity index (χ2n) is 4.53. The summed E-state index contributed by atoms with van der Waals surface area (Å²) < 4.78 is 13.3. The average Bonchev–Trinajstić information content (AvgIpc) is 2.58. The largest absolute Gasteiger partial charge is 0.320 e. The molecule has 1 aromatic heterocycles. The molecule has 1 heterocycles. The van der Waals surface area contributed by atoms with Gasteiger partial charge < -0.3 is 5.73 Å². The van der Waals surface area contributed by atoms with Crippen molar-refractivity contribution in [3.63, 3.8) is 0 Å². The van der Waals surface area contributed by atoms with Crippen molar-refractivity contribution in [3.8, 4) is 0 Å². The van der Waals surface area contributed by atoms with E-state index in [0.29, 0.717) is 0 Å². The molecule has 0 amide bonds. The van der Waals surface area contributed by atoms with Gasteiger partial charge in [0.05, 0.1) is 11.1 Å². The Balaban J connectivity index is 2.53. The van der Waals surface area contributed by atoms with Crippen LogP contribution in [0.3, 0.4) is 0 Å². The minimum atomic E-state index is -0.295. The number of aryl methyl sites for hydroxylation is 3. The predicted molar refractivity (Wildman–Crippen MR) is 76.0 cm³/mol. The summed E-state index contributed by atoms with van der Waals surface area (Å²) in [6, 6.07) is 2.73.